The van der Waals surface area contributed by atoms with E-state index in [2.05, 4.69) is 5.18 Å². The molecular formula is C8H8N2O4. The molecule has 2 bridgehead atoms. The van der Waals surface area contributed by atoms with Crippen LogP contribution in [-0.2, 0) is 14.3 Å². The van der Waals surface area contributed by atoms with Crippen LogP contribution in [0.15, 0.2) is 17.3 Å². The molecule has 2 rings (SSSR count). The summed E-state index contributed by atoms with van der Waals surface area (Å²) in [7, 11) is 0. The molecule has 0 radical (unpaired) electrons. The fraction of sp³-hybridized carbons (Fsp3) is 0.500. The Bertz CT molecular complexity index is 338. The largest absolute Gasteiger partial charge is 0.369 e. The quantitative estimate of drug-likeness (QED) is 0.467. The summed E-state index contributed by atoms with van der Waals surface area (Å²) in [5, 5.41) is 2.31. The van der Waals surface area contributed by atoms with Crippen LogP contribution in [0.5, 0.6) is 0 Å². The summed E-state index contributed by atoms with van der Waals surface area (Å²) < 4.78 is 5.25. The first-order chi connectivity index (χ1) is 6.65. The molecule has 14 heavy (non-hydrogen) atoms. The number of fused-ring (bicyclic) bond motifs is 2. The number of amides is 2. The predicted molar refractivity (Wildman–Crippen MR) is 44.8 cm³/mol. The standard InChI is InChI=1S/C8H8N2O4/c9-7(11)5-3-1-2-4(14-3)6(5)8(12)10-13/h1-6H,(H2,9,11). The fourth-order valence-corrected chi connectivity index (χ4v) is 2.00. The van der Waals surface area contributed by atoms with E-state index in [4.69, 9.17) is 10.5 Å². The van der Waals surface area contributed by atoms with E-state index in [1.165, 1.54) is 0 Å². The van der Waals surface area contributed by atoms with Gasteiger partial charge in [-0.05, 0) is 0 Å². The molecule has 0 aromatic rings. The molecule has 2 N–H and O–H groups in total. The van der Waals surface area contributed by atoms with Crippen molar-refractivity contribution in [1.29, 1.82) is 0 Å². The smallest absolute Gasteiger partial charge is 0.293 e. The molecule has 2 amide bonds. The summed E-state index contributed by atoms with van der Waals surface area (Å²) in [5.41, 5.74) is 5.12. The molecule has 0 aliphatic carbocycles. The molecule has 4 unspecified atom stereocenters. The Balaban J connectivity index is 2.31. The highest BCUT2D eigenvalue weighted by Gasteiger charge is 2.52. The van der Waals surface area contributed by atoms with E-state index in [0.717, 1.165) is 0 Å². The second-order valence-electron chi connectivity index (χ2n) is 3.33. The van der Waals surface area contributed by atoms with Gasteiger partial charge in [0.1, 0.15) is 0 Å². The van der Waals surface area contributed by atoms with Gasteiger partial charge < -0.3 is 10.5 Å². The first kappa shape index (κ1) is 9.01. The summed E-state index contributed by atoms with van der Waals surface area (Å²) in [6.07, 6.45) is 2.32. The topological polar surface area (TPSA) is 98.8 Å². The summed E-state index contributed by atoms with van der Waals surface area (Å²) in [5.74, 6) is -3.09. The van der Waals surface area contributed by atoms with Gasteiger partial charge in [0.2, 0.25) is 5.91 Å². The molecule has 1 saturated heterocycles. The van der Waals surface area contributed by atoms with Crippen LogP contribution < -0.4 is 5.73 Å². The minimum Gasteiger partial charge on any atom is -0.369 e. The van der Waals surface area contributed by atoms with E-state index in [0.29, 0.717) is 0 Å². The van der Waals surface area contributed by atoms with Crippen molar-refractivity contribution in [3.63, 3.8) is 0 Å². The first-order valence-corrected chi connectivity index (χ1v) is 4.15. The zero-order valence-electron chi connectivity index (χ0n) is 7.12. The lowest BCUT2D eigenvalue weighted by Gasteiger charge is -2.17. The fourth-order valence-electron chi connectivity index (χ4n) is 2.00. The van der Waals surface area contributed by atoms with Gasteiger partial charge in [-0.15, -0.1) is 4.91 Å². The lowest BCUT2D eigenvalue weighted by molar-refractivity contribution is -0.130. The van der Waals surface area contributed by atoms with Crippen LogP contribution in [0.25, 0.3) is 0 Å². The Morgan fingerprint density at radius 2 is 1.79 bits per heavy atom. The molecule has 6 nitrogen and oxygen atoms in total. The van der Waals surface area contributed by atoms with E-state index in [-0.39, 0.29) is 0 Å². The van der Waals surface area contributed by atoms with Crippen molar-refractivity contribution in [2.24, 2.45) is 22.7 Å². The average Bonchev–Trinajstić information content (AvgIpc) is 2.74. The lowest BCUT2D eigenvalue weighted by Crippen LogP contribution is -2.39. The molecular weight excluding hydrogens is 188 g/mol. The molecule has 0 spiro atoms. The third-order valence-electron chi connectivity index (χ3n) is 2.60. The van der Waals surface area contributed by atoms with E-state index >= 15 is 0 Å². The molecule has 6 heteroatoms. The molecule has 0 saturated carbocycles. The highest BCUT2D eigenvalue weighted by molar-refractivity contribution is 5.89. The molecule has 2 heterocycles. The number of ether oxygens (including phenoxy) is 1. The van der Waals surface area contributed by atoms with Crippen molar-refractivity contribution < 1.29 is 14.3 Å². The Labute approximate surface area is 79.1 Å². The molecule has 0 aromatic heterocycles. The lowest BCUT2D eigenvalue weighted by atomic mass is 9.82. The molecule has 0 aromatic carbocycles. The van der Waals surface area contributed by atoms with E-state index in [9.17, 15) is 14.5 Å². The zero-order chi connectivity index (χ0) is 10.3. The highest BCUT2D eigenvalue weighted by atomic mass is 16.5. The molecule has 74 valence electrons. The van der Waals surface area contributed by atoms with Gasteiger partial charge in [-0.2, -0.15) is 0 Å². The third kappa shape index (κ3) is 1.07. The van der Waals surface area contributed by atoms with Gasteiger partial charge in [0.25, 0.3) is 5.91 Å². The number of carbonyl (C=O) groups is 2. The number of hydrogen-bond donors (Lipinski definition) is 1. The van der Waals surface area contributed by atoms with E-state index in [1.807, 2.05) is 0 Å². The SMILES string of the molecule is NC(=O)C1C2C=CC(O2)C1C(=O)N=O. The second-order valence-corrected chi connectivity index (χ2v) is 3.33. The minimum absolute atomic E-state index is 0.479. The summed E-state index contributed by atoms with van der Waals surface area (Å²) in [6.45, 7) is 0. The van der Waals surface area contributed by atoms with Crippen molar-refractivity contribution in [1.82, 2.24) is 0 Å². The van der Waals surface area contributed by atoms with Crippen molar-refractivity contribution in [2.45, 2.75) is 12.2 Å². The van der Waals surface area contributed by atoms with Crippen LogP contribution in [0, 0.1) is 16.7 Å². The van der Waals surface area contributed by atoms with Crippen molar-refractivity contribution in [3.8, 4) is 0 Å². The van der Waals surface area contributed by atoms with Gasteiger partial charge >= 0.3 is 0 Å². The van der Waals surface area contributed by atoms with Crippen molar-refractivity contribution >= 4 is 11.8 Å². The normalized spacial score (nSPS) is 38.6. The molecule has 2 aliphatic heterocycles. The monoisotopic (exact) mass is 196 g/mol. The maximum absolute atomic E-state index is 11.1. The first-order valence-electron chi connectivity index (χ1n) is 4.15. The maximum Gasteiger partial charge on any atom is 0.293 e. The number of nitrogens with two attached hydrogens (primary N) is 1. The van der Waals surface area contributed by atoms with E-state index < -0.39 is 35.9 Å². The summed E-state index contributed by atoms with van der Waals surface area (Å²) >= 11 is 0. The summed E-state index contributed by atoms with van der Waals surface area (Å²) in [6, 6.07) is 0. The number of carbonyl (C=O) groups excluding carboxylic acids is 2. The van der Waals surface area contributed by atoms with Gasteiger partial charge in [0, 0.05) is 5.18 Å². The van der Waals surface area contributed by atoms with Gasteiger partial charge in [-0.3, -0.25) is 9.59 Å². The molecule has 4 atom stereocenters. The number of hydrogen-bond acceptors (Lipinski definition) is 4. The number of rotatable bonds is 2. The van der Waals surface area contributed by atoms with Crippen LogP contribution in [0.4, 0.5) is 0 Å². The van der Waals surface area contributed by atoms with E-state index in [1.54, 1.807) is 12.2 Å². The van der Waals surface area contributed by atoms with Crippen LogP contribution in [0.3, 0.4) is 0 Å². The highest BCUT2D eigenvalue weighted by Crippen LogP contribution is 2.39. The van der Waals surface area contributed by atoms with Crippen LogP contribution in [0.1, 0.15) is 0 Å². The number of nitroso groups, excluding NO2 is 1. The van der Waals surface area contributed by atoms with Crippen LogP contribution in [0.2, 0.25) is 0 Å². The van der Waals surface area contributed by atoms with Crippen LogP contribution >= 0.6 is 0 Å². The average molecular weight is 196 g/mol. The van der Waals surface area contributed by atoms with Crippen molar-refractivity contribution in [3.05, 3.63) is 17.1 Å². The Morgan fingerprint density at radius 3 is 2.29 bits per heavy atom. The second kappa shape index (κ2) is 2.98. The predicted octanol–water partition coefficient (Wildman–Crippen LogP) is -0.666. The number of primary amides is 1. The zero-order valence-corrected chi connectivity index (χ0v) is 7.12. The Kier molecular flexibility index (Phi) is 1.92. The Morgan fingerprint density at radius 1 is 1.21 bits per heavy atom. The number of nitrogens with zero attached hydrogens (tertiary/aromatic N) is 1. The van der Waals surface area contributed by atoms with Gasteiger partial charge in [-0.1, -0.05) is 12.2 Å². The van der Waals surface area contributed by atoms with Crippen LogP contribution in [-0.4, -0.2) is 24.0 Å². The molecule has 2 aliphatic rings. The molecule has 1 fully saturated rings. The van der Waals surface area contributed by atoms with Gasteiger partial charge in [0.05, 0.1) is 24.0 Å². The Hall–Kier alpha value is -1.56. The van der Waals surface area contributed by atoms with Crippen molar-refractivity contribution in [2.75, 3.05) is 0 Å². The maximum atomic E-state index is 11.1. The van der Waals surface area contributed by atoms with Gasteiger partial charge in [-0.25, -0.2) is 0 Å². The minimum atomic E-state index is -0.870. The third-order valence-corrected chi connectivity index (χ3v) is 2.60. The van der Waals surface area contributed by atoms with Gasteiger partial charge in [0.15, 0.2) is 0 Å². The summed E-state index contributed by atoms with van der Waals surface area (Å²) in [4.78, 5) is 32.3.